The van der Waals surface area contributed by atoms with Crippen molar-refractivity contribution in [2.24, 2.45) is 4.99 Å². The Kier molecular flexibility index (Phi) is 5.72. The van der Waals surface area contributed by atoms with E-state index in [-0.39, 0.29) is 24.9 Å². The van der Waals surface area contributed by atoms with E-state index in [1.165, 1.54) is 7.11 Å². The van der Waals surface area contributed by atoms with Crippen molar-refractivity contribution >= 4 is 57.8 Å². The average Bonchev–Trinajstić information content (AvgIpc) is 3.12. The zero-order valence-electron chi connectivity index (χ0n) is 15.8. The molecule has 0 radical (unpaired) electrons. The molecule has 0 fully saturated rings. The Balaban J connectivity index is 1.65. The number of fused-ring (bicyclic) bond motifs is 2. The number of methoxy groups -OCH3 is 1. The predicted octanol–water partition coefficient (Wildman–Crippen LogP) is 4.10. The number of hydrogen-bond acceptors (Lipinski definition) is 6. The summed E-state index contributed by atoms with van der Waals surface area (Å²) < 4.78 is 9.79. The normalized spacial score (nSPS) is 13.2. The molecule has 2 heterocycles. The number of aliphatic imine (C=N–C) groups is 1. The number of imidazole rings is 1. The first-order valence-corrected chi connectivity index (χ1v) is 9.72. The first kappa shape index (κ1) is 20.3. The number of anilines is 1. The highest BCUT2D eigenvalue weighted by molar-refractivity contribution is 6.41. The smallest absolute Gasteiger partial charge is 0.414 e. The molecule has 0 aliphatic carbocycles. The molecule has 0 atom stereocenters. The van der Waals surface area contributed by atoms with Crippen LogP contribution in [0.1, 0.15) is 21.5 Å². The molecule has 2 N–H and O–H groups in total. The van der Waals surface area contributed by atoms with Crippen molar-refractivity contribution in [3.8, 4) is 0 Å². The minimum atomic E-state index is -0.642. The van der Waals surface area contributed by atoms with E-state index in [0.29, 0.717) is 44.5 Å². The van der Waals surface area contributed by atoms with Gasteiger partial charge in [-0.25, -0.2) is 9.78 Å². The highest BCUT2D eigenvalue weighted by Gasteiger charge is 2.27. The molecular weight excluding hydrogens is 431 g/mol. The van der Waals surface area contributed by atoms with Gasteiger partial charge in [0, 0.05) is 23.8 Å². The first-order valence-electron chi connectivity index (χ1n) is 8.97. The molecule has 0 saturated carbocycles. The van der Waals surface area contributed by atoms with Gasteiger partial charge in [-0.15, -0.1) is 0 Å². The molecule has 0 saturated heterocycles. The largest absolute Gasteiger partial charge is 0.447 e. The van der Waals surface area contributed by atoms with Gasteiger partial charge in [0.25, 0.3) is 0 Å². The summed E-state index contributed by atoms with van der Waals surface area (Å²) in [5.74, 6) is 0.0640. The number of ketones is 1. The number of benzene rings is 2. The number of carbonyl (C=O) groups excluding carboxylic acids is 2. The van der Waals surface area contributed by atoms with E-state index in [1.807, 2.05) is 12.1 Å². The van der Waals surface area contributed by atoms with Crippen LogP contribution in [0.5, 0.6) is 0 Å². The number of hydrogen-bond donors (Lipinski definition) is 2. The van der Waals surface area contributed by atoms with Gasteiger partial charge < -0.3 is 14.5 Å². The summed E-state index contributed by atoms with van der Waals surface area (Å²) in [5, 5.41) is 3.27. The maximum Gasteiger partial charge on any atom is 0.414 e. The lowest BCUT2D eigenvalue weighted by molar-refractivity contribution is 0.1000. The van der Waals surface area contributed by atoms with Crippen molar-refractivity contribution in [3.05, 3.63) is 57.1 Å². The summed E-state index contributed by atoms with van der Waals surface area (Å²) in [6.07, 6.45) is -0.642. The van der Waals surface area contributed by atoms with Crippen LogP contribution in [0.25, 0.3) is 11.0 Å². The van der Waals surface area contributed by atoms with Crippen molar-refractivity contribution in [2.45, 2.75) is 0 Å². The fraction of sp³-hybridized carbons (Fsp3) is 0.200. The summed E-state index contributed by atoms with van der Waals surface area (Å²) in [5.41, 5.74) is 3.49. The molecule has 3 aromatic rings. The van der Waals surface area contributed by atoms with Crippen molar-refractivity contribution in [3.63, 3.8) is 0 Å². The third kappa shape index (κ3) is 3.89. The Hall–Kier alpha value is -2.94. The van der Waals surface area contributed by atoms with Crippen LogP contribution in [0.4, 0.5) is 10.7 Å². The van der Waals surface area contributed by atoms with Gasteiger partial charge in [-0.1, -0.05) is 29.3 Å². The van der Waals surface area contributed by atoms with Gasteiger partial charge in [-0.2, -0.15) is 0 Å². The van der Waals surface area contributed by atoms with Gasteiger partial charge in [0.15, 0.2) is 5.78 Å². The number of ether oxygens (including phenoxy) is 2. The lowest BCUT2D eigenvalue weighted by Crippen LogP contribution is -2.21. The second-order valence-electron chi connectivity index (χ2n) is 6.44. The number of carbonyl (C=O) groups is 2. The van der Waals surface area contributed by atoms with E-state index in [1.54, 1.807) is 18.2 Å². The Morgan fingerprint density at radius 3 is 2.70 bits per heavy atom. The fourth-order valence-electron chi connectivity index (χ4n) is 3.17. The second-order valence-corrected chi connectivity index (χ2v) is 7.25. The zero-order chi connectivity index (χ0) is 21.3. The standard InChI is InChI=1S/C20H16Cl2N4O4/c1-29-6-7-30-20(28)26-19-24-13-5-2-10(8-14(13)25-19)18-17-12(22)4-3-11(21)16(17)15(27)9-23-18/h2-5,8H,6-7,9H2,1H3,(H2,24,25,26,28). The maximum atomic E-state index is 12.3. The zero-order valence-corrected chi connectivity index (χ0v) is 17.3. The number of nitrogens with zero attached hydrogens (tertiary/aromatic N) is 2. The third-order valence-corrected chi connectivity index (χ3v) is 5.13. The number of halogens is 2. The van der Waals surface area contributed by atoms with Crippen LogP contribution in [-0.2, 0) is 9.47 Å². The number of Topliss-reactive ketones (excluding diaryl/α,β-unsaturated/α-hetero) is 1. The van der Waals surface area contributed by atoms with E-state index in [2.05, 4.69) is 20.3 Å². The van der Waals surface area contributed by atoms with Crippen LogP contribution < -0.4 is 5.32 Å². The highest BCUT2D eigenvalue weighted by atomic mass is 35.5. The molecule has 10 heteroatoms. The lowest BCUT2D eigenvalue weighted by atomic mass is 9.92. The van der Waals surface area contributed by atoms with E-state index in [9.17, 15) is 9.59 Å². The van der Waals surface area contributed by atoms with Gasteiger partial charge in [0.2, 0.25) is 5.95 Å². The number of H-pyrrole nitrogens is 1. The van der Waals surface area contributed by atoms with Crippen LogP contribution in [0, 0.1) is 0 Å². The van der Waals surface area contributed by atoms with Gasteiger partial charge in [0.05, 0.1) is 33.4 Å². The summed E-state index contributed by atoms with van der Waals surface area (Å²) in [6, 6.07) is 8.66. The molecule has 0 unspecified atom stereocenters. The van der Waals surface area contributed by atoms with Gasteiger partial charge in [-0.05, 0) is 24.3 Å². The number of rotatable bonds is 5. The minimum Gasteiger partial charge on any atom is -0.447 e. The number of aromatic amines is 1. The highest BCUT2D eigenvalue weighted by Crippen LogP contribution is 2.33. The molecular formula is C20H16Cl2N4O4. The summed E-state index contributed by atoms with van der Waals surface area (Å²) in [6.45, 7) is 0.424. The van der Waals surface area contributed by atoms with E-state index < -0.39 is 6.09 Å². The van der Waals surface area contributed by atoms with Crippen LogP contribution in [0.2, 0.25) is 10.0 Å². The fourth-order valence-corrected chi connectivity index (χ4v) is 3.68. The SMILES string of the molecule is COCCOC(=O)Nc1nc2ccc(C3=NCC(=O)c4c(Cl)ccc(Cl)c43)cc2[nH]1. The molecule has 30 heavy (non-hydrogen) atoms. The molecule has 1 aromatic heterocycles. The van der Waals surface area contributed by atoms with E-state index in [0.717, 1.165) is 5.56 Å². The Bertz CT molecular complexity index is 1190. The molecule has 0 spiro atoms. The summed E-state index contributed by atoms with van der Waals surface area (Å²) in [7, 11) is 1.52. The monoisotopic (exact) mass is 446 g/mol. The second kappa shape index (κ2) is 8.43. The number of aromatic nitrogens is 2. The lowest BCUT2D eigenvalue weighted by Gasteiger charge is -2.19. The molecule has 1 aliphatic rings. The maximum absolute atomic E-state index is 12.3. The molecule has 0 bridgehead atoms. The topological polar surface area (TPSA) is 106 Å². The Morgan fingerprint density at radius 2 is 1.93 bits per heavy atom. The summed E-state index contributed by atoms with van der Waals surface area (Å²) >= 11 is 12.6. The van der Waals surface area contributed by atoms with Crippen molar-refractivity contribution in [2.75, 3.05) is 32.2 Å². The Morgan fingerprint density at radius 1 is 1.17 bits per heavy atom. The molecule has 154 valence electrons. The Labute approximate surface area is 181 Å². The van der Waals surface area contributed by atoms with Gasteiger partial charge >= 0.3 is 6.09 Å². The quantitative estimate of drug-likeness (QED) is 0.573. The minimum absolute atomic E-state index is 0.0104. The van der Waals surface area contributed by atoms with Crippen molar-refractivity contribution < 1.29 is 19.1 Å². The first-order chi connectivity index (χ1) is 14.5. The van der Waals surface area contributed by atoms with Crippen LogP contribution in [0.15, 0.2) is 35.3 Å². The van der Waals surface area contributed by atoms with E-state index in [4.69, 9.17) is 32.7 Å². The van der Waals surface area contributed by atoms with Crippen LogP contribution in [0.3, 0.4) is 0 Å². The van der Waals surface area contributed by atoms with Crippen molar-refractivity contribution in [1.82, 2.24) is 9.97 Å². The molecule has 2 aromatic carbocycles. The van der Waals surface area contributed by atoms with Gasteiger partial charge in [-0.3, -0.25) is 15.1 Å². The van der Waals surface area contributed by atoms with Crippen molar-refractivity contribution in [1.29, 1.82) is 0 Å². The van der Waals surface area contributed by atoms with Crippen LogP contribution >= 0.6 is 23.2 Å². The van der Waals surface area contributed by atoms with Crippen LogP contribution in [-0.4, -0.2) is 54.4 Å². The predicted molar refractivity (Wildman–Crippen MR) is 114 cm³/mol. The molecule has 8 nitrogen and oxygen atoms in total. The number of amides is 1. The van der Waals surface area contributed by atoms with E-state index >= 15 is 0 Å². The molecule has 4 rings (SSSR count). The molecule has 1 aliphatic heterocycles. The number of nitrogens with one attached hydrogen (secondary N) is 2. The van der Waals surface area contributed by atoms with Gasteiger partial charge in [0.1, 0.15) is 13.2 Å². The third-order valence-electron chi connectivity index (χ3n) is 4.50. The molecule has 1 amide bonds. The average molecular weight is 447 g/mol. The summed E-state index contributed by atoms with van der Waals surface area (Å²) in [4.78, 5) is 35.9.